The Morgan fingerprint density at radius 3 is 2.18 bits per heavy atom. The van der Waals surface area contributed by atoms with Crippen molar-refractivity contribution in [1.29, 1.82) is 0 Å². The van der Waals surface area contributed by atoms with E-state index in [-0.39, 0.29) is 24.4 Å². The molecule has 1 fully saturated rings. The number of benzene rings is 3. The van der Waals surface area contributed by atoms with Crippen molar-refractivity contribution in [3.05, 3.63) is 106 Å². The summed E-state index contributed by atoms with van der Waals surface area (Å²) in [6.45, 7) is 0.286. The van der Waals surface area contributed by atoms with Crippen LogP contribution in [0.25, 0.3) is 0 Å². The molecule has 39 heavy (non-hydrogen) atoms. The molecule has 0 aliphatic heterocycles. The van der Waals surface area contributed by atoms with Gasteiger partial charge in [0.15, 0.2) is 0 Å². The molecule has 0 unspecified atom stereocenters. The molecule has 1 aliphatic carbocycles. The molecule has 206 valence electrons. The molecule has 1 atom stereocenters. The Bertz CT molecular complexity index is 1200. The third-order valence-electron chi connectivity index (χ3n) is 7.13. The number of amides is 2. The number of carbonyl (C=O) groups is 2. The lowest BCUT2D eigenvalue weighted by Crippen LogP contribution is -2.52. The van der Waals surface area contributed by atoms with Crippen LogP contribution in [0.2, 0.25) is 10.0 Å². The van der Waals surface area contributed by atoms with Gasteiger partial charge in [-0.05, 0) is 41.7 Å². The van der Waals surface area contributed by atoms with Gasteiger partial charge in [-0.1, -0.05) is 109 Å². The van der Waals surface area contributed by atoms with Gasteiger partial charge in [-0.2, -0.15) is 11.8 Å². The van der Waals surface area contributed by atoms with Gasteiger partial charge in [0.05, 0.1) is 10.0 Å². The van der Waals surface area contributed by atoms with Gasteiger partial charge in [0.1, 0.15) is 6.04 Å². The summed E-state index contributed by atoms with van der Waals surface area (Å²) in [6.07, 6.45) is 6.23. The fraction of sp³-hybridized carbons (Fsp3) is 0.375. The van der Waals surface area contributed by atoms with E-state index in [4.69, 9.17) is 23.2 Å². The second-order valence-electron chi connectivity index (χ2n) is 10.1. The standard InChI is InChI=1S/C32H36Cl2N2O2S/c33-28-17-16-26(20-29(28)34)22-36(31(37)18-19-39-23-25-12-6-2-7-13-25)30(21-24-10-4-1-5-11-24)32(38)35-27-14-8-3-9-15-27/h1-2,4-7,10-13,16-17,20,27,30H,3,8-9,14-15,18-19,21-23H2,(H,35,38)/t30-/m0/s1. The maximum atomic E-state index is 13.8. The highest BCUT2D eigenvalue weighted by molar-refractivity contribution is 7.98. The van der Waals surface area contributed by atoms with E-state index in [0.29, 0.717) is 28.6 Å². The highest BCUT2D eigenvalue weighted by atomic mass is 35.5. The largest absolute Gasteiger partial charge is 0.352 e. The fourth-order valence-electron chi connectivity index (χ4n) is 5.00. The van der Waals surface area contributed by atoms with Gasteiger partial charge in [0, 0.05) is 36.9 Å². The van der Waals surface area contributed by atoms with E-state index in [1.54, 1.807) is 28.8 Å². The SMILES string of the molecule is O=C(NC1CCCCC1)[C@H](Cc1ccccc1)N(Cc1ccc(Cl)c(Cl)c1)C(=O)CCSCc1ccccc1. The molecule has 0 radical (unpaired) electrons. The molecule has 0 aromatic heterocycles. The predicted molar refractivity (Wildman–Crippen MR) is 163 cm³/mol. The van der Waals surface area contributed by atoms with Crippen LogP contribution in [0.15, 0.2) is 78.9 Å². The van der Waals surface area contributed by atoms with Crippen LogP contribution in [0.3, 0.4) is 0 Å². The van der Waals surface area contributed by atoms with Crippen LogP contribution in [-0.4, -0.2) is 34.6 Å². The molecule has 0 heterocycles. The lowest BCUT2D eigenvalue weighted by Gasteiger charge is -2.33. The molecule has 2 amide bonds. The molecule has 4 nitrogen and oxygen atoms in total. The number of nitrogens with zero attached hydrogens (tertiary/aromatic N) is 1. The van der Waals surface area contributed by atoms with Crippen molar-refractivity contribution in [3.8, 4) is 0 Å². The second kappa shape index (κ2) is 15.4. The molecule has 1 saturated carbocycles. The number of hydrogen-bond donors (Lipinski definition) is 1. The molecule has 0 saturated heterocycles. The minimum absolute atomic E-state index is 0.0404. The van der Waals surface area contributed by atoms with E-state index in [0.717, 1.165) is 42.6 Å². The molecule has 0 spiro atoms. The summed E-state index contributed by atoms with van der Waals surface area (Å²) in [5, 5.41) is 4.19. The normalized spacial score (nSPS) is 14.5. The quantitative estimate of drug-likeness (QED) is 0.222. The van der Waals surface area contributed by atoms with Gasteiger partial charge in [0.25, 0.3) is 0 Å². The summed E-state index contributed by atoms with van der Waals surface area (Å²) in [5.74, 6) is 1.39. The fourth-order valence-corrected chi connectivity index (χ4v) is 6.21. The van der Waals surface area contributed by atoms with E-state index in [9.17, 15) is 9.59 Å². The molecular formula is C32H36Cl2N2O2S. The average Bonchev–Trinajstić information content (AvgIpc) is 2.96. The first-order valence-electron chi connectivity index (χ1n) is 13.7. The van der Waals surface area contributed by atoms with Crippen molar-refractivity contribution in [2.75, 3.05) is 5.75 Å². The monoisotopic (exact) mass is 582 g/mol. The minimum Gasteiger partial charge on any atom is -0.352 e. The average molecular weight is 584 g/mol. The van der Waals surface area contributed by atoms with Crippen LogP contribution in [-0.2, 0) is 28.3 Å². The van der Waals surface area contributed by atoms with Crippen LogP contribution in [0.4, 0.5) is 0 Å². The highest BCUT2D eigenvalue weighted by Gasteiger charge is 2.31. The van der Waals surface area contributed by atoms with Crippen LogP contribution in [0, 0.1) is 0 Å². The van der Waals surface area contributed by atoms with Crippen LogP contribution >= 0.6 is 35.0 Å². The first-order chi connectivity index (χ1) is 19.0. The summed E-state index contributed by atoms with van der Waals surface area (Å²) in [5.41, 5.74) is 3.10. The Hall–Kier alpha value is -2.47. The Morgan fingerprint density at radius 1 is 0.846 bits per heavy atom. The molecule has 0 bridgehead atoms. The van der Waals surface area contributed by atoms with Crippen molar-refractivity contribution in [1.82, 2.24) is 10.2 Å². The number of halogens is 2. The minimum atomic E-state index is -0.629. The zero-order chi connectivity index (χ0) is 27.5. The Balaban J connectivity index is 1.54. The summed E-state index contributed by atoms with van der Waals surface area (Å²) in [6, 6.07) is 25.1. The van der Waals surface area contributed by atoms with E-state index < -0.39 is 6.04 Å². The van der Waals surface area contributed by atoms with Gasteiger partial charge in [-0.3, -0.25) is 9.59 Å². The van der Waals surface area contributed by atoms with E-state index in [1.165, 1.54) is 12.0 Å². The number of thioether (sulfide) groups is 1. The maximum absolute atomic E-state index is 13.8. The Morgan fingerprint density at radius 2 is 1.51 bits per heavy atom. The van der Waals surface area contributed by atoms with Crippen molar-refractivity contribution in [2.45, 2.75) is 69.3 Å². The Labute approximate surface area is 246 Å². The molecule has 3 aromatic rings. The van der Waals surface area contributed by atoms with Gasteiger partial charge in [-0.15, -0.1) is 0 Å². The third-order valence-corrected chi connectivity index (χ3v) is 8.90. The van der Waals surface area contributed by atoms with Gasteiger partial charge in [-0.25, -0.2) is 0 Å². The maximum Gasteiger partial charge on any atom is 0.243 e. The van der Waals surface area contributed by atoms with Gasteiger partial charge < -0.3 is 10.2 Å². The molecule has 4 rings (SSSR count). The zero-order valence-electron chi connectivity index (χ0n) is 22.2. The lowest BCUT2D eigenvalue weighted by atomic mass is 9.94. The van der Waals surface area contributed by atoms with E-state index in [1.807, 2.05) is 54.6 Å². The number of carbonyl (C=O) groups excluding carboxylic acids is 2. The highest BCUT2D eigenvalue weighted by Crippen LogP contribution is 2.25. The molecule has 1 aliphatic rings. The zero-order valence-corrected chi connectivity index (χ0v) is 24.5. The van der Waals surface area contributed by atoms with E-state index >= 15 is 0 Å². The van der Waals surface area contributed by atoms with Gasteiger partial charge in [0.2, 0.25) is 11.8 Å². The van der Waals surface area contributed by atoms with Crippen LogP contribution < -0.4 is 5.32 Å². The summed E-state index contributed by atoms with van der Waals surface area (Å²) in [7, 11) is 0. The summed E-state index contributed by atoms with van der Waals surface area (Å²) >= 11 is 14.2. The van der Waals surface area contributed by atoms with Crippen molar-refractivity contribution in [2.24, 2.45) is 0 Å². The van der Waals surface area contributed by atoms with Crippen LogP contribution in [0.5, 0.6) is 0 Å². The molecule has 1 N–H and O–H groups in total. The molecule has 7 heteroatoms. The Kier molecular flexibility index (Phi) is 11.6. The summed E-state index contributed by atoms with van der Waals surface area (Å²) in [4.78, 5) is 29.4. The second-order valence-corrected chi connectivity index (χ2v) is 12.0. The molecular weight excluding hydrogens is 547 g/mol. The number of rotatable bonds is 12. The lowest BCUT2D eigenvalue weighted by molar-refractivity contribution is -0.141. The third kappa shape index (κ3) is 9.30. The van der Waals surface area contributed by atoms with Crippen molar-refractivity contribution < 1.29 is 9.59 Å². The van der Waals surface area contributed by atoms with Crippen LogP contribution in [0.1, 0.15) is 55.2 Å². The predicted octanol–water partition coefficient (Wildman–Crippen LogP) is 7.71. The first kappa shape index (κ1) is 29.5. The summed E-state index contributed by atoms with van der Waals surface area (Å²) < 4.78 is 0. The number of hydrogen-bond acceptors (Lipinski definition) is 3. The number of nitrogens with one attached hydrogen (secondary N) is 1. The smallest absolute Gasteiger partial charge is 0.243 e. The topological polar surface area (TPSA) is 49.4 Å². The van der Waals surface area contributed by atoms with Crippen molar-refractivity contribution in [3.63, 3.8) is 0 Å². The van der Waals surface area contributed by atoms with E-state index in [2.05, 4.69) is 17.4 Å². The first-order valence-corrected chi connectivity index (χ1v) is 15.6. The molecule has 3 aromatic carbocycles. The van der Waals surface area contributed by atoms with Gasteiger partial charge >= 0.3 is 0 Å². The van der Waals surface area contributed by atoms with Crippen molar-refractivity contribution >= 4 is 46.8 Å².